The molecule has 84 valence electrons. The number of aliphatic carboxylic acids is 1. The second-order valence-corrected chi connectivity index (χ2v) is 4.20. The molecule has 3 nitrogen and oxygen atoms in total. The lowest BCUT2D eigenvalue weighted by atomic mass is 9.97. The first-order valence-corrected chi connectivity index (χ1v) is 4.51. The molecule has 1 fully saturated rings. The zero-order valence-corrected chi connectivity index (χ0v) is 8.51. The van der Waals surface area contributed by atoms with Crippen molar-refractivity contribution in [2.75, 3.05) is 5.75 Å². The molecule has 0 aromatic heterocycles. The van der Waals surface area contributed by atoms with Crippen LogP contribution in [0.3, 0.4) is 0 Å². The Morgan fingerprint density at radius 1 is 1.57 bits per heavy atom. The maximum atomic E-state index is 12.1. The molecule has 14 heavy (non-hydrogen) atoms. The van der Waals surface area contributed by atoms with Gasteiger partial charge in [0.05, 0.1) is 0 Å². The van der Waals surface area contributed by atoms with Gasteiger partial charge < -0.3 is 10.8 Å². The summed E-state index contributed by atoms with van der Waals surface area (Å²) >= 11 is 0.554. The molecule has 1 aliphatic rings. The second-order valence-electron chi connectivity index (χ2n) is 3.01. The van der Waals surface area contributed by atoms with Crippen LogP contribution in [0.15, 0.2) is 0 Å². The number of halogens is 4. The van der Waals surface area contributed by atoms with Crippen molar-refractivity contribution in [3.63, 3.8) is 0 Å². The van der Waals surface area contributed by atoms with Gasteiger partial charge in [-0.15, -0.1) is 24.2 Å². The van der Waals surface area contributed by atoms with Crippen molar-refractivity contribution in [1.29, 1.82) is 0 Å². The van der Waals surface area contributed by atoms with E-state index >= 15 is 0 Å². The summed E-state index contributed by atoms with van der Waals surface area (Å²) < 4.78 is 36.3. The lowest BCUT2D eigenvalue weighted by Gasteiger charge is -2.18. The van der Waals surface area contributed by atoms with Crippen molar-refractivity contribution in [2.45, 2.75) is 23.4 Å². The standard InChI is InChI=1S/C6H8F3NO2S.ClH/c7-6(8,9)3-1-5(10,2-13-3)4(11)12;/h3H,1-2,10H2,(H,11,12);1H/t3-,5-;/m1./s1. The minimum Gasteiger partial charge on any atom is -0.480 e. The fourth-order valence-electron chi connectivity index (χ4n) is 1.06. The fraction of sp³-hybridized carbons (Fsp3) is 0.833. The average molecular weight is 252 g/mol. The summed E-state index contributed by atoms with van der Waals surface area (Å²) in [7, 11) is 0. The number of nitrogens with two attached hydrogens (primary N) is 1. The van der Waals surface area contributed by atoms with E-state index in [-0.39, 0.29) is 18.2 Å². The zero-order valence-electron chi connectivity index (χ0n) is 6.87. The highest BCUT2D eigenvalue weighted by Gasteiger charge is 2.52. The molecule has 0 aromatic rings. The van der Waals surface area contributed by atoms with Crippen LogP contribution in [0.25, 0.3) is 0 Å². The van der Waals surface area contributed by atoms with Gasteiger partial charge in [-0.1, -0.05) is 0 Å². The second kappa shape index (κ2) is 4.16. The maximum Gasteiger partial charge on any atom is 0.400 e. The predicted octanol–water partition coefficient (Wildman–Crippen LogP) is 1.26. The highest BCUT2D eigenvalue weighted by molar-refractivity contribution is 8.00. The summed E-state index contributed by atoms with van der Waals surface area (Å²) in [6.07, 6.45) is -4.91. The molecule has 1 aliphatic heterocycles. The molecule has 1 heterocycles. The normalized spacial score (nSPS) is 32.4. The van der Waals surface area contributed by atoms with Crippen molar-refractivity contribution >= 4 is 30.1 Å². The molecule has 0 bridgehead atoms. The Morgan fingerprint density at radius 2 is 2.07 bits per heavy atom. The number of carboxylic acid groups (broad SMARTS) is 1. The summed E-state index contributed by atoms with van der Waals surface area (Å²) in [5.74, 6) is -1.56. The average Bonchev–Trinajstić information content (AvgIpc) is 2.31. The number of alkyl halides is 3. The Morgan fingerprint density at radius 3 is 2.29 bits per heavy atom. The number of carboxylic acids is 1. The monoisotopic (exact) mass is 251 g/mol. The van der Waals surface area contributed by atoms with Crippen LogP contribution < -0.4 is 5.73 Å². The number of thioether (sulfide) groups is 1. The Labute approximate surface area is 88.6 Å². The summed E-state index contributed by atoms with van der Waals surface area (Å²) in [5, 5.41) is 6.91. The van der Waals surface area contributed by atoms with Crippen molar-refractivity contribution < 1.29 is 23.1 Å². The van der Waals surface area contributed by atoms with Crippen LogP contribution in [0.4, 0.5) is 13.2 Å². The van der Waals surface area contributed by atoms with E-state index < -0.39 is 29.4 Å². The summed E-state index contributed by atoms with van der Waals surface area (Å²) in [6.45, 7) is 0. The molecule has 0 unspecified atom stereocenters. The largest absolute Gasteiger partial charge is 0.480 e. The Hall–Kier alpha value is -0.140. The van der Waals surface area contributed by atoms with E-state index in [9.17, 15) is 18.0 Å². The molecular formula is C6H9ClF3NO2S. The maximum absolute atomic E-state index is 12.1. The molecule has 8 heteroatoms. The van der Waals surface area contributed by atoms with Crippen LogP contribution in [-0.4, -0.2) is 33.8 Å². The van der Waals surface area contributed by atoms with Gasteiger partial charge in [0.2, 0.25) is 0 Å². The number of carbonyl (C=O) groups is 1. The third-order valence-electron chi connectivity index (χ3n) is 1.88. The Bertz CT molecular complexity index is 238. The molecule has 0 saturated carbocycles. The van der Waals surface area contributed by atoms with Gasteiger partial charge in [-0.05, 0) is 6.42 Å². The number of hydrogen-bond donors (Lipinski definition) is 2. The van der Waals surface area contributed by atoms with E-state index in [0.717, 1.165) is 0 Å². The molecule has 0 amide bonds. The predicted molar refractivity (Wildman–Crippen MR) is 48.7 cm³/mol. The van der Waals surface area contributed by atoms with E-state index in [4.69, 9.17) is 10.8 Å². The van der Waals surface area contributed by atoms with Gasteiger partial charge in [0.25, 0.3) is 0 Å². The Balaban J connectivity index is 0.00000169. The van der Waals surface area contributed by atoms with E-state index in [1.807, 2.05) is 0 Å². The van der Waals surface area contributed by atoms with Gasteiger partial charge >= 0.3 is 12.1 Å². The lowest BCUT2D eigenvalue weighted by Crippen LogP contribution is -2.49. The molecule has 1 saturated heterocycles. The third-order valence-corrected chi connectivity index (χ3v) is 3.40. The smallest absolute Gasteiger partial charge is 0.400 e. The van der Waals surface area contributed by atoms with Gasteiger partial charge in [-0.2, -0.15) is 13.2 Å². The van der Waals surface area contributed by atoms with E-state index in [1.54, 1.807) is 0 Å². The van der Waals surface area contributed by atoms with Crippen molar-refractivity contribution in [2.24, 2.45) is 5.73 Å². The molecular weight excluding hydrogens is 243 g/mol. The summed E-state index contributed by atoms with van der Waals surface area (Å²) in [6, 6.07) is 0. The van der Waals surface area contributed by atoms with Crippen molar-refractivity contribution in [3.8, 4) is 0 Å². The minimum absolute atomic E-state index is 0. The molecule has 0 radical (unpaired) electrons. The molecule has 3 N–H and O–H groups in total. The highest BCUT2D eigenvalue weighted by Crippen LogP contribution is 2.42. The number of rotatable bonds is 1. The molecule has 1 rings (SSSR count). The lowest BCUT2D eigenvalue weighted by molar-refractivity contribution is -0.146. The van der Waals surface area contributed by atoms with Crippen LogP contribution in [-0.2, 0) is 4.79 Å². The van der Waals surface area contributed by atoms with E-state index in [0.29, 0.717) is 11.8 Å². The van der Waals surface area contributed by atoms with Gasteiger partial charge in [0, 0.05) is 5.75 Å². The van der Waals surface area contributed by atoms with Gasteiger partial charge in [-0.25, -0.2) is 0 Å². The summed E-state index contributed by atoms with van der Waals surface area (Å²) in [5.41, 5.74) is 3.55. The van der Waals surface area contributed by atoms with Gasteiger partial charge in [0.15, 0.2) is 0 Å². The Kier molecular flexibility index (Phi) is 4.12. The van der Waals surface area contributed by atoms with Crippen LogP contribution >= 0.6 is 24.2 Å². The minimum atomic E-state index is -4.36. The quantitative estimate of drug-likeness (QED) is 0.736. The van der Waals surface area contributed by atoms with Crippen LogP contribution in [0, 0.1) is 0 Å². The van der Waals surface area contributed by atoms with Crippen LogP contribution in [0.2, 0.25) is 0 Å². The first-order valence-electron chi connectivity index (χ1n) is 3.46. The highest BCUT2D eigenvalue weighted by atomic mass is 35.5. The third kappa shape index (κ3) is 2.68. The van der Waals surface area contributed by atoms with Crippen molar-refractivity contribution in [3.05, 3.63) is 0 Å². The fourth-order valence-corrected chi connectivity index (χ4v) is 2.40. The number of hydrogen-bond acceptors (Lipinski definition) is 3. The van der Waals surface area contributed by atoms with Crippen LogP contribution in [0.5, 0.6) is 0 Å². The van der Waals surface area contributed by atoms with Crippen molar-refractivity contribution in [1.82, 2.24) is 0 Å². The summed E-state index contributed by atoms with van der Waals surface area (Å²) in [4.78, 5) is 10.5. The molecule has 0 aromatic carbocycles. The first kappa shape index (κ1) is 13.9. The van der Waals surface area contributed by atoms with Gasteiger partial charge in [-0.3, -0.25) is 4.79 Å². The van der Waals surface area contributed by atoms with E-state index in [1.165, 1.54) is 0 Å². The van der Waals surface area contributed by atoms with Gasteiger partial charge in [0.1, 0.15) is 10.8 Å². The van der Waals surface area contributed by atoms with E-state index in [2.05, 4.69) is 0 Å². The SMILES string of the molecule is Cl.N[C@@]1(C(=O)O)CS[C@@H](C(F)(F)F)C1. The molecule has 2 atom stereocenters. The topological polar surface area (TPSA) is 63.3 Å². The first-order chi connectivity index (χ1) is 5.76. The van der Waals surface area contributed by atoms with Crippen LogP contribution in [0.1, 0.15) is 6.42 Å². The molecule has 0 aliphatic carbocycles. The molecule has 0 spiro atoms. The zero-order chi connectivity index (χ0) is 10.3.